The van der Waals surface area contributed by atoms with Crippen molar-refractivity contribution >= 4 is 85.8 Å². The van der Waals surface area contributed by atoms with Crippen LogP contribution in [0.2, 0.25) is 5.02 Å². The number of ether oxygens (including phenoxy) is 2. The number of nitrogens with zero attached hydrogens (tertiary/aromatic N) is 6. The Morgan fingerprint density at radius 3 is 1.57 bits per heavy atom. The molecule has 4 N–H and O–H groups in total. The van der Waals surface area contributed by atoms with E-state index < -0.39 is 97.5 Å². The Kier molecular flexibility index (Phi) is 18.0. The number of aliphatic imine (C=N–C) groups is 2. The Morgan fingerprint density at radius 2 is 1.18 bits per heavy atom. The van der Waals surface area contributed by atoms with Crippen molar-refractivity contribution in [2.75, 3.05) is 39.4 Å². The van der Waals surface area contributed by atoms with Gasteiger partial charge >= 0.3 is 23.9 Å². The lowest BCUT2D eigenvalue weighted by atomic mass is 9.95. The summed E-state index contributed by atoms with van der Waals surface area (Å²) in [4.78, 5) is 69.0. The minimum absolute atomic E-state index is 0.0188. The molecule has 74 heavy (non-hydrogen) atoms. The number of likely N-dealkylation sites (tertiary alicyclic amines) is 2. The van der Waals surface area contributed by atoms with Gasteiger partial charge in [-0.15, -0.1) is 22.7 Å². The normalized spacial score (nSPS) is 21.7. The number of amidine groups is 2. The zero-order valence-corrected chi connectivity index (χ0v) is 42.9. The van der Waals surface area contributed by atoms with Gasteiger partial charge in [0.1, 0.15) is 23.7 Å². The highest BCUT2D eigenvalue weighted by Crippen LogP contribution is 2.41. The third kappa shape index (κ3) is 13.7. The number of aromatic nitrogens is 2. The van der Waals surface area contributed by atoms with Gasteiger partial charge in [0.25, 0.3) is 11.8 Å². The maximum atomic E-state index is 14.4. The quantitative estimate of drug-likeness (QED) is 0.0472. The number of nitrogens with one attached hydrogen (secondary N) is 2. The highest BCUT2D eigenvalue weighted by Gasteiger charge is 2.47. The monoisotopic (exact) mass is 1150 g/mol. The molecule has 0 spiro atoms. The third-order valence-corrected chi connectivity index (χ3v) is 14.1. The average Bonchev–Trinajstić information content (AvgIpc) is 4.16. The predicted molar refractivity (Wildman–Crippen MR) is 265 cm³/mol. The van der Waals surface area contributed by atoms with E-state index in [0.29, 0.717) is 31.5 Å². The first-order valence-electron chi connectivity index (χ1n) is 22.4. The van der Waals surface area contributed by atoms with E-state index in [1.807, 2.05) is 0 Å². The molecule has 4 aliphatic rings. The van der Waals surface area contributed by atoms with E-state index in [1.165, 1.54) is 75.0 Å². The fourth-order valence-electron chi connectivity index (χ4n) is 8.48. The van der Waals surface area contributed by atoms with Gasteiger partial charge in [0.05, 0.1) is 37.4 Å². The number of hydrogen-bond donors (Lipinski definition) is 4. The number of thiazole rings is 2. The first kappa shape index (κ1) is 55.5. The van der Waals surface area contributed by atoms with Gasteiger partial charge in [-0.05, 0) is 43.7 Å². The lowest BCUT2D eigenvalue weighted by Gasteiger charge is -2.31. The number of rotatable bonds is 16. The van der Waals surface area contributed by atoms with Crippen LogP contribution in [0, 0.1) is 11.6 Å². The molecule has 4 aliphatic heterocycles. The van der Waals surface area contributed by atoms with Crippen molar-refractivity contribution in [1.82, 2.24) is 30.4 Å². The molecule has 2 saturated heterocycles. The van der Waals surface area contributed by atoms with Crippen LogP contribution in [-0.4, -0.2) is 129 Å². The van der Waals surface area contributed by atoms with Gasteiger partial charge in [-0.3, -0.25) is 19.8 Å². The van der Waals surface area contributed by atoms with Crippen LogP contribution in [0.4, 0.5) is 26.3 Å². The number of carboxylic acids is 2. The molecule has 2 fully saturated rings. The van der Waals surface area contributed by atoms with Crippen molar-refractivity contribution in [3.8, 4) is 0 Å². The van der Waals surface area contributed by atoms with Crippen LogP contribution >= 0.6 is 50.2 Å². The lowest BCUT2D eigenvalue weighted by Crippen LogP contribution is -2.41. The number of halogens is 8. The standard InChI is InChI=1S/C24H22BrF3N4O4S.C24H22ClF3N4O4S/c2*1-2-36-23(35)19-17(11-32-12-24(27,28)10-14(32)4-6-18(33)34)30-21(22-29-7-8-37-22)31-20(19)15-5-3-13(26)9-16(15)25/h2*3-9,14,20H,2,10-12H2,1H3,(H,30,31)(H,33,34)/b2*6-4+. The number of benzene rings is 2. The smallest absolute Gasteiger partial charge is 0.338 e. The van der Waals surface area contributed by atoms with Crippen molar-refractivity contribution in [3.05, 3.63) is 149 Å². The van der Waals surface area contributed by atoms with Gasteiger partial charge in [-0.1, -0.05) is 51.8 Å². The first-order valence-corrected chi connectivity index (χ1v) is 25.3. The van der Waals surface area contributed by atoms with E-state index in [9.17, 15) is 45.5 Å². The lowest BCUT2D eigenvalue weighted by molar-refractivity contribution is -0.139. The van der Waals surface area contributed by atoms with Crippen LogP contribution < -0.4 is 10.6 Å². The number of alkyl halides is 4. The van der Waals surface area contributed by atoms with Crippen molar-refractivity contribution in [1.29, 1.82) is 0 Å². The second-order valence-electron chi connectivity index (χ2n) is 16.7. The van der Waals surface area contributed by atoms with Crippen LogP contribution in [0.25, 0.3) is 0 Å². The fraction of sp³-hybridized carbons (Fsp3) is 0.333. The summed E-state index contributed by atoms with van der Waals surface area (Å²) in [6.07, 6.45) is 6.03. The van der Waals surface area contributed by atoms with E-state index >= 15 is 0 Å². The summed E-state index contributed by atoms with van der Waals surface area (Å²) in [7, 11) is 0. The summed E-state index contributed by atoms with van der Waals surface area (Å²) in [5.74, 6) is -10.6. The minimum Gasteiger partial charge on any atom is -0.478 e. The molecule has 4 atom stereocenters. The first-order chi connectivity index (χ1) is 35.1. The Morgan fingerprint density at radius 1 is 0.743 bits per heavy atom. The molecule has 0 bridgehead atoms. The van der Waals surface area contributed by atoms with Crippen molar-refractivity contribution < 1.29 is 65.2 Å². The molecule has 0 saturated carbocycles. The van der Waals surface area contributed by atoms with Gasteiger partial charge in [-0.25, -0.2) is 55.5 Å². The molecule has 4 unspecified atom stereocenters. The summed E-state index contributed by atoms with van der Waals surface area (Å²) in [5.41, 5.74) is 1.35. The van der Waals surface area contributed by atoms with Gasteiger partial charge < -0.3 is 30.3 Å². The highest BCUT2D eigenvalue weighted by molar-refractivity contribution is 9.10. The molecular weight excluding hydrogens is 1110 g/mol. The molecule has 0 amide bonds. The molecule has 8 rings (SSSR count). The number of carbonyl (C=O) groups excluding carboxylic acids is 2. The molecule has 4 aromatic rings. The third-order valence-electron chi connectivity index (χ3n) is 11.5. The summed E-state index contributed by atoms with van der Waals surface area (Å²) in [6, 6.07) is 3.84. The molecule has 6 heterocycles. The summed E-state index contributed by atoms with van der Waals surface area (Å²) >= 11 is 12.2. The average molecular weight is 1150 g/mol. The molecule has 16 nitrogen and oxygen atoms in total. The number of esters is 2. The molecule has 2 aromatic heterocycles. The van der Waals surface area contributed by atoms with Crippen LogP contribution in [0.5, 0.6) is 0 Å². The molecular formula is C48H44BrClF6N8O8S2. The Hall–Kier alpha value is -6.25. The van der Waals surface area contributed by atoms with Crippen molar-refractivity contribution in [3.63, 3.8) is 0 Å². The minimum atomic E-state index is -3.07. The SMILES string of the molecule is CCOC(=O)C1=C(CN2CC(F)(F)CC2/C=C/C(=O)O)NC(c2nccs2)=NC1c1ccc(F)cc1Br.CCOC(=O)C1=C(CN2CC(F)(F)CC2/C=C/C(=O)O)NC(c2nccs2)=NC1c1ccc(F)cc1Cl. The second kappa shape index (κ2) is 24.0. The Labute approximate surface area is 440 Å². The molecule has 0 aliphatic carbocycles. The van der Waals surface area contributed by atoms with Gasteiger partial charge in [-0.2, -0.15) is 0 Å². The van der Waals surface area contributed by atoms with Crippen LogP contribution in [0.1, 0.15) is 59.9 Å². The molecule has 26 heteroatoms. The maximum Gasteiger partial charge on any atom is 0.338 e. The predicted octanol–water partition coefficient (Wildman–Crippen LogP) is 8.50. The Bertz CT molecular complexity index is 2760. The largest absolute Gasteiger partial charge is 0.478 e. The summed E-state index contributed by atoms with van der Waals surface area (Å²) in [6.45, 7) is 1.71. The van der Waals surface area contributed by atoms with Gasteiger partial charge in [0.2, 0.25) is 0 Å². The van der Waals surface area contributed by atoms with E-state index in [0.717, 1.165) is 18.2 Å². The van der Waals surface area contributed by atoms with E-state index in [-0.39, 0.29) is 59.7 Å². The topological polar surface area (TPSA) is 208 Å². The summed E-state index contributed by atoms with van der Waals surface area (Å²) < 4.78 is 96.2. The molecule has 2 aromatic carbocycles. The molecule has 392 valence electrons. The number of carboxylic acid groups (broad SMARTS) is 2. The Balaban J connectivity index is 0.000000216. The molecule has 0 radical (unpaired) electrons. The zero-order valence-electron chi connectivity index (χ0n) is 38.9. The van der Waals surface area contributed by atoms with Gasteiger partial charge in [0.15, 0.2) is 21.7 Å². The second-order valence-corrected chi connectivity index (χ2v) is 19.8. The van der Waals surface area contributed by atoms with Crippen molar-refractivity contribution in [2.24, 2.45) is 9.98 Å². The fourth-order valence-corrected chi connectivity index (χ4v) is 10.5. The number of aliphatic carboxylic acids is 2. The van der Waals surface area contributed by atoms with Crippen LogP contribution in [-0.2, 0) is 28.7 Å². The van der Waals surface area contributed by atoms with E-state index in [1.54, 1.807) is 37.0 Å². The maximum absolute atomic E-state index is 14.4. The summed E-state index contributed by atoms with van der Waals surface area (Å²) in [5, 5.41) is 28.6. The van der Waals surface area contributed by atoms with Gasteiger partial charge in [0, 0.05) is 99.8 Å². The van der Waals surface area contributed by atoms with E-state index in [2.05, 4.69) is 46.5 Å². The van der Waals surface area contributed by atoms with Crippen LogP contribution in [0.3, 0.4) is 0 Å². The van der Waals surface area contributed by atoms with E-state index in [4.69, 9.17) is 31.3 Å². The zero-order chi connectivity index (χ0) is 53.5. The van der Waals surface area contributed by atoms with Crippen LogP contribution in [0.15, 0.2) is 121 Å². The number of hydrogen-bond acceptors (Lipinski definition) is 16. The highest BCUT2D eigenvalue weighted by atomic mass is 79.9. The van der Waals surface area contributed by atoms with Crippen molar-refractivity contribution in [2.45, 2.75) is 62.7 Å². The number of carbonyl (C=O) groups is 4.